The van der Waals surface area contributed by atoms with Gasteiger partial charge in [-0.15, -0.1) is 0 Å². The number of ether oxygens (including phenoxy) is 1. The Hall–Kier alpha value is -3.38. The number of likely N-dealkylation sites (tertiary alicyclic amines) is 1. The monoisotopic (exact) mass is 449 g/mol. The standard InChI is InChI=1S/C25H24ClN3O3/c1-32-21-4-2-3-19(13-21)22-15-29(25(31)18-5-7-20(26)8-6-18)16-23(22)24(30)28-14-17-9-11-27-12-10-17/h2-13,22-23H,14-16H2,1H3,(H,28,30). The van der Waals surface area contributed by atoms with Gasteiger partial charge in [0, 0.05) is 48.5 Å². The van der Waals surface area contributed by atoms with Crippen molar-refractivity contribution in [3.8, 4) is 5.75 Å². The summed E-state index contributed by atoms with van der Waals surface area (Å²) in [5.74, 6) is 0.0138. The minimum atomic E-state index is -0.375. The number of hydrogen-bond acceptors (Lipinski definition) is 4. The molecule has 4 rings (SSSR count). The first-order valence-electron chi connectivity index (χ1n) is 10.4. The summed E-state index contributed by atoms with van der Waals surface area (Å²) >= 11 is 5.96. The highest BCUT2D eigenvalue weighted by molar-refractivity contribution is 6.30. The van der Waals surface area contributed by atoms with Crippen LogP contribution in [0.5, 0.6) is 5.75 Å². The molecular formula is C25H24ClN3O3. The fourth-order valence-electron chi connectivity index (χ4n) is 4.04. The zero-order valence-corrected chi connectivity index (χ0v) is 18.5. The Kier molecular flexibility index (Phi) is 6.71. The first kappa shape index (κ1) is 21.8. The summed E-state index contributed by atoms with van der Waals surface area (Å²) in [5.41, 5.74) is 2.50. The van der Waals surface area contributed by atoms with Crippen molar-refractivity contribution < 1.29 is 14.3 Å². The van der Waals surface area contributed by atoms with E-state index >= 15 is 0 Å². The lowest BCUT2D eigenvalue weighted by Crippen LogP contribution is -2.35. The van der Waals surface area contributed by atoms with Crippen molar-refractivity contribution in [3.63, 3.8) is 0 Å². The van der Waals surface area contributed by atoms with Crippen LogP contribution >= 0.6 is 11.6 Å². The molecule has 1 saturated heterocycles. The maximum Gasteiger partial charge on any atom is 0.253 e. The molecule has 164 valence electrons. The molecule has 2 amide bonds. The average Bonchev–Trinajstić information content (AvgIpc) is 3.29. The Morgan fingerprint density at radius 2 is 1.84 bits per heavy atom. The third kappa shape index (κ3) is 4.92. The average molecular weight is 450 g/mol. The fourth-order valence-corrected chi connectivity index (χ4v) is 4.17. The highest BCUT2D eigenvalue weighted by atomic mass is 35.5. The van der Waals surface area contributed by atoms with Gasteiger partial charge in [-0.3, -0.25) is 14.6 Å². The summed E-state index contributed by atoms with van der Waals surface area (Å²) in [6, 6.07) is 18.2. The van der Waals surface area contributed by atoms with E-state index in [4.69, 9.17) is 16.3 Å². The molecule has 2 unspecified atom stereocenters. The van der Waals surface area contributed by atoms with Gasteiger partial charge in [0.05, 0.1) is 13.0 Å². The van der Waals surface area contributed by atoms with E-state index in [1.54, 1.807) is 48.7 Å². The summed E-state index contributed by atoms with van der Waals surface area (Å²) in [6.45, 7) is 1.20. The molecule has 1 aromatic heterocycles. The maximum absolute atomic E-state index is 13.2. The van der Waals surface area contributed by atoms with Crippen molar-refractivity contribution in [2.45, 2.75) is 12.5 Å². The van der Waals surface area contributed by atoms with Crippen LogP contribution in [-0.4, -0.2) is 41.9 Å². The second-order valence-corrected chi connectivity index (χ2v) is 8.22. The highest BCUT2D eigenvalue weighted by Crippen LogP contribution is 2.35. The Labute approximate surface area is 192 Å². The second kappa shape index (κ2) is 9.83. The van der Waals surface area contributed by atoms with Crippen LogP contribution < -0.4 is 10.1 Å². The van der Waals surface area contributed by atoms with E-state index in [9.17, 15) is 9.59 Å². The van der Waals surface area contributed by atoms with Crippen LogP contribution in [0.4, 0.5) is 0 Å². The molecule has 1 N–H and O–H groups in total. The lowest BCUT2D eigenvalue weighted by Gasteiger charge is -2.18. The van der Waals surface area contributed by atoms with Crippen molar-refractivity contribution in [2.75, 3.05) is 20.2 Å². The summed E-state index contributed by atoms with van der Waals surface area (Å²) < 4.78 is 5.37. The van der Waals surface area contributed by atoms with Gasteiger partial charge >= 0.3 is 0 Å². The number of carbonyl (C=O) groups is 2. The van der Waals surface area contributed by atoms with Gasteiger partial charge in [0.1, 0.15) is 5.75 Å². The molecule has 0 radical (unpaired) electrons. The molecule has 0 bridgehead atoms. The lowest BCUT2D eigenvalue weighted by molar-refractivity contribution is -0.125. The summed E-state index contributed by atoms with van der Waals surface area (Å²) in [6.07, 6.45) is 3.39. The van der Waals surface area contributed by atoms with E-state index in [0.717, 1.165) is 16.9 Å². The van der Waals surface area contributed by atoms with Crippen molar-refractivity contribution in [3.05, 3.63) is 94.8 Å². The predicted octanol–water partition coefficient (Wildman–Crippen LogP) is 3.92. The van der Waals surface area contributed by atoms with Gasteiger partial charge in [-0.25, -0.2) is 0 Å². The summed E-state index contributed by atoms with van der Waals surface area (Å²) in [5, 5.41) is 3.60. The van der Waals surface area contributed by atoms with E-state index in [2.05, 4.69) is 10.3 Å². The van der Waals surface area contributed by atoms with E-state index in [1.807, 2.05) is 36.4 Å². The number of benzene rings is 2. The minimum absolute atomic E-state index is 0.0824. The van der Waals surface area contributed by atoms with Crippen LogP contribution in [-0.2, 0) is 11.3 Å². The van der Waals surface area contributed by atoms with Gasteiger partial charge < -0.3 is 15.0 Å². The summed E-state index contributed by atoms with van der Waals surface area (Å²) in [4.78, 5) is 32.1. The van der Waals surface area contributed by atoms with E-state index < -0.39 is 0 Å². The maximum atomic E-state index is 13.2. The van der Waals surface area contributed by atoms with E-state index in [1.165, 1.54) is 0 Å². The molecule has 0 saturated carbocycles. The molecule has 0 aliphatic carbocycles. The van der Waals surface area contributed by atoms with Crippen LogP contribution in [0.2, 0.25) is 5.02 Å². The number of carbonyl (C=O) groups excluding carboxylic acids is 2. The Morgan fingerprint density at radius 3 is 2.56 bits per heavy atom. The second-order valence-electron chi connectivity index (χ2n) is 7.78. The molecular weight excluding hydrogens is 426 g/mol. The zero-order valence-electron chi connectivity index (χ0n) is 17.7. The Morgan fingerprint density at radius 1 is 1.09 bits per heavy atom. The van der Waals surface area contributed by atoms with Gasteiger partial charge in [0.25, 0.3) is 5.91 Å². The number of nitrogens with zero attached hydrogens (tertiary/aromatic N) is 2. The van der Waals surface area contributed by atoms with E-state index in [0.29, 0.717) is 30.2 Å². The lowest BCUT2D eigenvalue weighted by atomic mass is 9.88. The Balaban J connectivity index is 1.56. The normalized spacial score (nSPS) is 17.8. The molecule has 2 heterocycles. The molecule has 0 spiro atoms. The van der Waals surface area contributed by atoms with Crippen molar-refractivity contribution >= 4 is 23.4 Å². The van der Waals surface area contributed by atoms with E-state index in [-0.39, 0.29) is 23.7 Å². The number of amides is 2. The third-order valence-corrected chi connectivity index (χ3v) is 6.03. The molecule has 7 heteroatoms. The van der Waals surface area contributed by atoms with Crippen LogP contribution in [0.3, 0.4) is 0 Å². The number of rotatable bonds is 6. The molecule has 1 fully saturated rings. The van der Waals surface area contributed by atoms with Crippen molar-refractivity contribution in [1.82, 2.24) is 15.2 Å². The zero-order chi connectivity index (χ0) is 22.5. The largest absolute Gasteiger partial charge is 0.497 e. The van der Waals surface area contributed by atoms with Crippen LogP contribution in [0, 0.1) is 5.92 Å². The van der Waals surface area contributed by atoms with Crippen LogP contribution in [0.15, 0.2) is 73.1 Å². The molecule has 1 aliphatic rings. The molecule has 2 aromatic carbocycles. The third-order valence-electron chi connectivity index (χ3n) is 5.77. The SMILES string of the molecule is COc1cccc(C2CN(C(=O)c3ccc(Cl)cc3)CC2C(=O)NCc2ccncc2)c1. The minimum Gasteiger partial charge on any atom is -0.497 e. The molecule has 2 atom stereocenters. The fraction of sp³-hybridized carbons (Fsp3) is 0.240. The number of aromatic nitrogens is 1. The van der Waals surface area contributed by atoms with Gasteiger partial charge in [0.2, 0.25) is 5.91 Å². The number of pyridine rings is 1. The van der Waals surface area contributed by atoms with Gasteiger partial charge in [-0.2, -0.15) is 0 Å². The number of nitrogens with one attached hydrogen (secondary N) is 1. The first-order valence-corrected chi connectivity index (χ1v) is 10.8. The van der Waals surface area contributed by atoms with Crippen LogP contribution in [0.1, 0.15) is 27.4 Å². The Bertz CT molecular complexity index is 1090. The van der Waals surface area contributed by atoms with Gasteiger partial charge in [0.15, 0.2) is 0 Å². The smallest absolute Gasteiger partial charge is 0.253 e. The summed E-state index contributed by atoms with van der Waals surface area (Å²) in [7, 11) is 1.61. The van der Waals surface area contributed by atoms with Gasteiger partial charge in [-0.05, 0) is 59.7 Å². The molecule has 1 aliphatic heterocycles. The van der Waals surface area contributed by atoms with Gasteiger partial charge in [-0.1, -0.05) is 23.7 Å². The predicted molar refractivity (Wildman–Crippen MR) is 123 cm³/mol. The van der Waals surface area contributed by atoms with Crippen molar-refractivity contribution in [2.24, 2.45) is 5.92 Å². The molecule has 32 heavy (non-hydrogen) atoms. The topological polar surface area (TPSA) is 71.5 Å². The van der Waals surface area contributed by atoms with Crippen molar-refractivity contribution in [1.29, 1.82) is 0 Å². The molecule has 6 nitrogen and oxygen atoms in total. The number of methoxy groups -OCH3 is 1. The quantitative estimate of drug-likeness (QED) is 0.619. The number of halogens is 1. The van der Waals surface area contributed by atoms with Crippen LogP contribution in [0.25, 0.3) is 0 Å². The number of hydrogen-bond donors (Lipinski definition) is 1. The molecule has 3 aromatic rings. The highest BCUT2D eigenvalue weighted by Gasteiger charge is 2.40. The first-order chi connectivity index (χ1) is 15.5.